The Morgan fingerprint density at radius 2 is 2.33 bits per heavy atom. The largest absolute Gasteiger partial charge is 0.460 e. The highest BCUT2D eigenvalue weighted by molar-refractivity contribution is 6.39. The Hall–Kier alpha value is -2.67. The minimum atomic E-state index is -0.696. The summed E-state index contributed by atoms with van der Waals surface area (Å²) in [6.45, 7) is 1.30. The molecule has 1 aromatic carbocycles. The molecule has 0 saturated heterocycles. The molecule has 0 N–H and O–H groups in total. The number of rotatable bonds is 6. The van der Waals surface area contributed by atoms with Gasteiger partial charge in [0.2, 0.25) is 0 Å². The average Bonchev–Trinajstić information content (AvgIpc) is 2.48. The molecule has 1 rings (SSSR count). The van der Waals surface area contributed by atoms with E-state index in [1.54, 1.807) is 6.08 Å². The SMILES string of the molecule is C#CCN(C)Cc1cccc(/C=C/C(=[N+]=[N-])C(=O)OC)c1. The maximum Gasteiger partial charge on any atom is 0.421 e. The van der Waals surface area contributed by atoms with Crippen molar-refractivity contribution in [3.8, 4) is 12.3 Å². The first-order valence-corrected chi connectivity index (χ1v) is 6.30. The summed E-state index contributed by atoms with van der Waals surface area (Å²) in [5, 5.41) is 0. The summed E-state index contributed by atoms with van der Waals surface area (Å²) in [5.41, 5.74) is 10.6. The molecule has 0 fully saturated rings. The van der Waals surface area contributed by atoms with Gasteiger partial charge in [0.15, 0.2) is 0 Å². The maximum absolute atomic E-state index is 11.3. The van der Waals surface area contributed by atoms with Crippen LogP contribution in [0, 0.1) is 12.3 Å². The number of hydrogen-bond acceptors (Lipinski definition) is 3. The minimum Gasteiger partial charge on any atom is -0.460 e. The molecule has 5 heteroatoms. The molecule has 0 bridgehead atoms. The lowest BCUT2D eigenvalue weighted by Crippen LogP contribution is -2.17. The van der Waals surface area contributed by atoms with Crippen LogP contribution in [0.5, 0.6) is 0 Å². The summed E-state index contributed by atoms with van der Waals surface area (Å²) in [4.78, 5) is 16.2. The monoisotopic (exact) mass is 283 g/mol. The second kappa shape index (κ2) is 8.49. The molecule has 0 unspecified atom stereocenters. The van der Waals surface area contributed by atoms with Crippen LogP contribution in [-0.4, -0.2) is 42.1 Å². The molecule has 0 aliphatic carbocycles. The third-order valence-corrected chi connectivity index (χ3v) is 2.70. The van der Waals surface area contributed by atoms with E-state index in [9.17, 15) is 4.79 Å². The van der Waals surface area contributed by atoms with Crippen molar-refractivity contribution in [2.75, 3.05) is 20.7 Å². The van der Waals surface area contributed by atoms with Gasteiger partial charge in [0.1, 0.15) is 0 Å². The number of methoxy groups -OCH3 is 1. The van der Waals surface area contributed by atoms with Crippen molar-refractivity contribution < 1.29 is 14.3 Å². The highest BCUT2D eigenvalue weighted by Gasteiger charge is 2.16. The van der Waals surface area contributed by atoms with Crippen LogP contribution in [0.2, 0.25) is 0 Å². The second-order valence-electron chi connectivity index (χ2n) is 4.43. The molecule has 5 nitrogen and oxygen atoms in total. The zero-order valence-electron chi connectivity index (χ0n) is 12.1. The molecule has 1 aromatic rings. The van der Waals surface area contributed by atoms with Crippen LogP contribution in [0.3, 0.4) is 0 Å². The van der Waals surface area contributed by atoms with Gasteiger partial charge in [0.05, 0.1) is 13.7 Å². The first kappa shape index (κ1) is 16.4. The number of carbonyl (C=O) groups excluding carboxylic acids is 1. The van der Waals surface area contributed by atoms with Crippen molar-refractivity contribution in [3.63, 3.8) is 0 Å². The molecule has 0 atom stereocenters. The van der Waals surface area contributed by atoms with Crippen LogP contribution >= 0.6 is 0 Å². The van der Waals surface area contributed by atoms with E-state index in [4.69, 9.17) is 12.0 Å². The van der Waals surface area contributed by atoms with Crippen LogP contribution in [0.4, 0.5) is 0 Å². The van der Waals surface area contributed by atoms with Crippen LogP contribution in [0.1, 0.15) is 11.1 Å². The minimum absolute atomic E-state index is 0.160. The van der Waals surface area contributed by atoms with E-state index < -0.39 is 5.97 Å². The molecule has 0 heterocycles. The Morgan fingerprint density at radius 1 is 1.57 bits per heavy atom. The molecule has 0 aliphatic heterocycles. The van der Waals surface area contributed by atoms with Gasteiger partial charge in [-0.1, -0.05) is 30.2 Å². The number of nitrogens with zero attached hydrogens (tertiary/aromatic N) is 3. The summed E-state index contributed by atoms with van der Waals surface area (Å²) < 4.78 is 4.49. The Bertz CT molecular complexity index is 623. The lowest BCUT2D eigenvalue weighted by Gasteiger charge is -2.13. The van der Waals surface area contributed by atoms with Crippen LogP contribution in [0.15, 0.2) is 30.3 Å². The highest BCUT2D eigenvalue weighted by atomic mass is 16.5. The fraction of sp³-hybridized carbons (Fsp3) is 0.250. The Balaban J connectivity index is 2.84. The summed E-state index contributed by atoms with van der Waals surface area (Å²) in [7, 11) is 3.17. The molecular weight excluding hydrogens is 266 g/mol. The van der Waals surface area contributed by atoms with Gasteiger partial charge in [-0.3, -0.25) is 4.90 Å². The third-order valence-electron chi connectivity index (χ3n) is 2.70. The molecule has 0 aromatic heterocycles. The molecule has 21 heavy (non-hydrogen) atoms. The zero-order valence-corrected chi connectivity index (χ0v) is 12.1. The zero-order chi connectivity index (χ0) is 15.7. The number of esters is 1. The summed E-state index contributed by atoms with van der Waals surface area (Å²) >= 11 is 0. The van der Waals surface area contributed by atoms with Gasteiger partial charge in [0, 0.05) is 12.6 Å². The smallest absolute Gasteiger partial charge is 0.421 e. The summed E-state index contributed by atoms with van der Waals surface area (Å²) in [5.74, 6) is 1.89. The topological polar surface area (TPSA) is 65.9 Å². The van der Waals surface area contributed by atoms with Gasteiger partial charge in [-0.25, -0.2) is 4.79 Å². The Kier molecular flexibility index (Phi) is 6.62. The van der Waals surface area contributed by atoms with E-state index in [0.717, 1.165) is 17.7 Å². The van der Waals surface area contributed by atoms with Gasteiger partial charge in [-0.05, 0) is 24.3 Å². The standard InChI is InChI=1S/C16H17N3O2/c1-4-10-19(2)12-14-7-5-6-13(11-14)8-9-15(18-17)16(20)21-3/h1,5-9,11H,10,12H2,2-3H3/b9-8+. The molecule has 0 aliphatic rings. The van der Waals surface area contributed by atoms with E-state index in [-0.39, 0.29) is 5.71 Å². The first-order chi connectivity index (χ1) is 10.1. The molecular formula is C16H17N3O2. The van der Waals surface area contributed by atoms with Crippen molar-refractivity contribution >= 4 is 17.8 Å². The predicted molar refractivity (Wildman–Crippen MR) is 81.3 cm³/mol. The Morgan fingerprint density at radius 3 is 2.95 bits per heavy atom. The molecule has 0 amide bonds. The van der Waals surface area contributed by atoms with Gasteiger partial charge < -0.3 is 10.3 Å². The number of carbonyl (C=O) groups is 1. The number of ether oxygens (including phenoxy) is 1. The quantitative estimate of drug-likeness (QED) is 0.262. The summed E-state index contributed by atoms with van der Waals surface area (Å²) in [6, 6.07) is 7.75. The van der Waals surface area contributed by atoms with E-state index in [1.165, 1.54) is 13.2 Å². The van der Waals surface area contributed by atoms with Crippen molar-refractivity contribution in [1.29, 1.82) is 0 Å². The van der Waals surface area contributed by atoms with Crippen molar-refractivity contribution in [3.05, 3.63) is 47.0 Å². The van der Waals surface area contributed by atoms with E-state index in [0.29, 0.717) is 6.54 Å². The Labute approximate surface area is 124 Å². The highest BCUT2D eigenvalue weighted by Crippen LogP contribution is 2.09. The fourth-order valence-corrected chi connectivity index (χ4v) is 1.74. The maximum atomic E-state index is 11.3. The van der Waals surface area contributed by atoms with Crippen molar-refractivity contribution in [2.24, 2.45) is 0 Å². The second-order valence-corrected chi connectivity index (χ2v) is 4.43. The van der Waals surface area contributed by atoms with Gasteiger partial charge in [-0.15, -0.1) is 6.42 Å². The predicted octanol–water partition coefficient (Wildman–Crippen LogP) is 1.61. The van der Waals surface area contributed by atoms with Gasteiger partial charge in [0.25, 0.3) is 0 Å². The first-order valence-electron chi connectivity index (χ1n) is 6.30. The summed E-state index contributed by atoms with van der Waals surface area (Å²) in [6.07, 6.45) is 8.34. The molecule has 0 saturated carbocycles. The fourth-order valence-electron chi connectivity index (χ4n) is 1.74. The van der Waals surface area contributed by atoms with Crippen molar-refractivity contribution in [2.45, 2.75) is 6.54 Å². The number of terminal acetylenes is 1. The number of benzene rings is 1. The van der Waals surface area contributed by atoms with Crippen LogP contribution in [-0.2, 0) is 16.1 Å². The molecule has 108 valence electrons. The van der Waals surface area contributed by atoms with E-state index in [2.05, 4.69) is 15.4 Å². The van der Waals surface area contributed by atoms with Crippen LogP contribution in [0.25, 0.3) is 11.6 Å². The van der Waals surface area contributed by atoms with Crippen LogP contribution < -0.4 is 0 Å². The lowest BCUT2D eigenvalue weighted by molar-refractivity contribution is -0.137. The van der Waals surface area contributed by atoms with Gasteiger partial charge >= 0.3 is 11.7 Å². The van der Waals surface area contributed by atoms with Gasteiger partial charge in [-0.2, -0.15) is 4.79 Å². The lowest BCUT2D eigenvalue weighted by atomic mass is 10.1. The average molecular weight is 283 g/mol. The molecule has 0 radical (unpaired) electrons. The number of hydrogen-bond donors (Lipinski definition) is 0. The van der Waals surface area contributed by atoms with E-state index in [1.807, 2.05) is 36.2 Å². The molecule has 0 spiro atoms. The van der Waals surface area contributed by atoms with Crippen molar-refractivity contribution in [1.82, 2.24) is 4.90 Å². The normalized spacial score (nSPS) is 10.2. The third kappa shape index (κ3) is 5.45. The van der Waals surface area contributed by atoms with E-state index >= 15 is 0 Å².